The number of likely N-dealkylation sites (tertiary alicyclic amines) is 1. The Morgan fingerprint density at radius 2 is 2.21 bits per heavy atom. The van der Waals surface area contributed by atoms with Gasteiger partial charge in [0, 0.05) is 26.2 Å². The molecule has 1 aliphatic rings. The summed E-state index contributed by atoms with van der Waals surface area (Å²) in [6.45, 7) is 8.66. The van der Waals surface area contributed by atoms with Crippen LogP contribution in [0.15, 0.2) is 0 Å². The topological polar surface area (TPSA) is 38.5 Å². The third kappa shape index (κ3) is 3.56. The number of rotatable bonds is 5. The molecule has 0 saturated carbocycles. The molecule has 3 heteroatoms. The molecule has 1 aliphatic heterocycles. The van der Waals surface area contributed by atoms with E-state index in [1.165, 1.54) is 13.0 Å². The lowest BCUT2D eigenvalue weighted by Crippen LogP contribution is -2.39. The minimum absolute atomic E-state index is 0.316. The van der Waals surface area contributed by atoms with Gasteiger partial charge in [0.2, 0.25) is 0 Å². The Labute approximate surface area is 87.6 Å². The van der Waals surface area contributed by atoms with Crippen LogP contribution in [-0.4, -0.2) is 44.3 Å². The summed E-state index contributed by atoms with van der Waals surface area (Å²) in [6, 6.07) is 0.316. The Morgan fingerprint density at radius 3 is 2.79 bits per heavy atom. The molecule has 0 radical (unpaired) electrons. The number of hydrogen-bond donors (Lipinski definition) is 1. The molecule has 1 saturated heterocycles. The lowest BCUT2D eigenvalue weighted by molar-refractivity contribution is 0.152. The van der Waals surface area contributed by atoms with Crippen molar-refractivity contribution >= 4 is 0 Å². The van der Waals surface area contributed by atoms with Gasteiger partial charge in [0.1, 0.15) is 0 Å². The zero-order chi connectivity index (χ0) is 10.6. The van der Waals surface area contributed by atoms with Crippen molar-refractivity contribution in [1.29, 1.82) is 0 Å². The Balaban J connectivity index is 2.21. The van der Waals surface area contributed by atoms with Crippen molar-refractivity contribution in [1.82, 2.24) is 4.90 Å². The van der Waals surface area contributed by atoms with E-state index in [-0.39, 0.29) is 0 Å². The number of nitrogens with zero attached hydrogens (tertiary/aromatic N) is 1. The van der Waals surface area contributed by atoms with Gasteiger partial charge in [-0.2, -0.15) is 0 Å². The number of nitrogens with two attached hydrogens (primary N) is 1. The minimum atomic E-state index is 0.316. The standard InChI is InChI=1S/C11H24N2O/c1-9(2)11(12)7-13-5-4-10(6-13)8-14-3/h9-11H,4-8,12H2,1-3H3. The second-order valence-electron chi connectivity index (χ2n) is 4.78. The molecule has 14 heavy (non-hydrogen) atoms. The van der Waals surface area contributed by atoms with Crippen LogP contribution in [0, 0.1) is 11.8 Å². The van der Waals surface area contributed by atoms with E-state index in [0.717, 1.165) is 25.6 Å². The van der Waals surface area contributed by atoms with Gasteiger partial charge in [0.05, 0.1) is 6.61 Å². The van der Waals surface area contributed by atoms with E-state index < -0.39 is 0 Å². The molecule has 1 rings (SSSR count). The van der Waals surface area contributed by atoms with Crippen LogP contribution < -0.4 is 5.73 Å². The lowest BCUT2D eigenvalue weighted by atomic mass is 10.1. The van der Waals surface area contributed by atoms with Crippen molar-refractivity contribution in [3.63, 3.8) is 0 Å². The third-order valence-corrected chi connectivity index (χ3v) is 3.10. The quantitative estimate of drug-likeness (QED) is 0.718. The molecule has 2 unspecified atom stereocenters. The number of methoxy groups -OCH3 is 1. The van der Waals surface area contributed by atoms with Crippen LogP contribution in [0.4, 0.5) is 0 Å². The fraction of sp³-hybridized carbons (Fsp3) is 1.00. The summed E-state index contributed by atoms with van der Waals surface area (Å²) < 4.78 is 5.17. The Kier molecular flexibility index (Phi) is 4.85. The van der Waals surface area contributed by atoms with Crippen LogP contribution in [-0.2, 0) is 4.74 Å². The highest BCUT2D eigenvalue weighted by Gasteiger charge is 2.24. The highest BCUT2D eigenvalue weighted by Crippen LogP contribution is 2.17. The van der Waals surface area contributed by atoms with Crippen LogP contribution in [0.25, 0.3) is 0 Å². The van der Waals surface area contributed by atoms with Crippen LogP contribution in [0.5, 0.6) is 0 Å². The van der Waals surface area contributed by atoms with Gasteiger partial charge in [-0.15, -0.1) is 0 Å². The van der Waals surface area contributed by atoms with Gasteiger partial charge < -0.3 is 15.4 Å². The van der Waals surface area contributed by atoms with Crippen LogP contribution >= 0.6 is 0 Å². The summed E-state index contributed by atoms with van der Waals surface area (Å²) in [7, 11) is 1.78. The molecule has 0 bridgehead atoms. The Morgan fingerprint density at radius 1 is 1.50 bits per heavy atom. The highest BCUT2D eigenvalue weighted by atomic mass is 16.5. The molecule has 0 amide bonds. The Hall–Kier alpha value is -0.120. The van der Waals surface area contributed by atoms with Crippen LogP contribution in [0.3, 0.4) is 0 Å². The van der Waals surface area contributed by atoms with E-state index in [1.807, 2.05) is 0 Å². The van der Waals surface area contributed by atoms with Gasteiger partial charge in [-0.05, 0) is 24.8 Å². The third-order valence-electron chi connectivity index (χ3n) is 3.10. The summed E-state index contributed by atoms with van der Waals surface area (Å²) in [4.78, 5) is 2.47. The fourth-order valence-corrected chi connectivity index (χ4v) is 1.96. The van der Waals surface area contributed by atoms with Gasteiger partial charge in [-0.25, -0.2) is 0 Å². The summed E-state index contributed by atoms with van der Waals surface area (Å²) in [5.74, 6) is 1.30. The molecule has 0 spiro atoms. The summed E-state index contributed by atoms with van der Waals surface area (Å²) in [6.07, 6.45) is 1.26. The highest BCUT2D eigenvalue weighted by molar-refractivity contribution is 4.79. The maximum atomic E-state index is 6.04. The normalized spacial score (nSPS) is 25.9. The van der Waals surface area contributed by atoms with Crippen molar-refractivity contribution in [3.05, 3.63) is 0 Å². The molecule has 0 aromatic heterocycles. The molecular weight excluding hydrogens is 176 g/mol. The lowest BCUT2D eigenvalue weighted by Gasteiger charge is -2.23. The maximum absolute atomic E-state index is 6.04. The van der Waals surface area contributed by atoms with Crippen LogP contribution in [0.2, 0.25) is 0 Å². The molecule has 2 atom stereocenters. The van der Waals surface area contributed by atoms with E-state index >= 15 is 0 Å². The van der Waals surface area contributed by atoms with Crippen molar-refractivity contribution in [2.24, 2.45) is 17.6 Å². The molecule has 0 aromatic carbocycles. The van der Waals surface area contributed by atoms with E-state index in [1.54, 1.807) is 7.11 Å². The predicted molar refractivity (Wildman–Crippen MR) is 59.2 cm³/mol. The predicted octanol–water partition coefficient (Wildman–Crippen LogP) is 0.938. The maximum Gasteiger partial charge on any atom is 0.0503 e. The summed E-state index contributed by atoms with van der Waals surface area (Å²) in [5.41, 5.74) is 6.04. The van der Waals surface area contributed by atoms with E-state index in [0.29, 0.717) is 12.0 Å². The van der Waals surface area contributed by atoms with E-state index in [9.17, 15) is 0 Å². The first-order chi connectivity index (χ1) is 6.63. The number of ether oxygens (including phenoxy) is 1. The SMILES string of the molecule is COCC1CCN(CC(N)C(C)C)C1. The molecule has 2 N–H and O–H groups in total. The zero-order valence-corrected chi connectivity index (χ0v) is 9.70. The first-order valence-electron chi connectivity index (χ1n) is 5.60. The fourth-order valence-electron chi connectivity index (χ4n) is 1.96. The molecule has 1 fully saturated rings. The van der Waals surface area contributed by atoms with Gasteiger partial charge in [-0.1, -0.05) is 13.8 Å². The second kappa shape index (κ2) is 5.69. The molecule has 1 heterocycles. The largest absolute Gasteiger partial charge is 0.384 e. The van der Waals surface area contributed by atoms with Gasteiger partial charge >= 0.3 is 0 Å². The molecule has 84 valence electrons. The van der Waals surface area contributed by atoms with E-state index in [2.05, 4.69) is 18.7 Å². The summed E-state index contributed by atoms with van der Waals surface area (Å²) in [5, 5.41) is 0. The molecule has 3 nitrogen and oxygen atoms in total. The van der Waals surface area contributed by atoms with Crippen molar-refractivity contribution in [2.45, 2.75) is 26.3 Å². The minimum Gasteiger partial charge on any atom is -0.384 e. The smallest absolute Gasteiger partial charge is 0.0503 e. The van der Waals surface area contributed by atoms with Crippen molar-refractivity contribution in [2.75, 3.05) is 33.4 Å². The average molecular weight is 200 g/mol. The first kappa shape index (κ1) is 12.0. The summed E-state index contributed by atoms with van der Waals surface area (Å²) >= 11 is 0. The second-order valence-corrected chi connectivity index (χ2v) is 4.78. The molecule has 0 aliphatic carbocycles. The number of hydrogen-bond acceptors (Lipinski definition) is 3. The van der Waals surface area contributed by atoms with Gasteiger partial charge in [0.25, 0.3) is 0 Å². The van der Waals surface area contributed by atoms with Crippen LogP contribution in [0.1, 0.15) is 20.3 Å². The van der Waals surface area contributed by atoms with Crippen molar-refractivity contribution in [3.8, 4) is 0 Å². The zero-order valence-electron chi connectivity index (χ0n) is 9.70. The molecular formula is C11H24N2O. The Bertz CT molecular complexity index is 161. The average Bonchev–Trinajstić information content (AvgIpc) is 2.53. The first-order valence-corrected chi connectivity index (χ1v) is 5.60. The molecule has 0 aromatic rings. The van der Waals surface area contributed by atoms with E-state index in [4.69, 9.17) is 10.5 Å². The monoisotopic (exact) mass is 200 g/mol. The van der Waals surface area contributed by atoms with Gasteiger partial charge in [-0.3, -0.25) is 0 Å². The van der Waals surface area contributed by atoms with Gasteiger partial charge in [0.15, 0.2) is 0 Å². The van der Waals surface area contributed by atoms with Crippen molar-refractivity contribution < 1.29 is 4.74 Å².